The second kappa shape index (κ2) is 7.60. The first-order valence-corrected chi connectivity index (χ1v) is 9.01. The third-order valence-corrected chi connectivity index (χ3v) is 4.62. The molecule has 0 aliphatic heterocycles. The van der Waals surface area contributed by atoms with Gasteiger partial charge in [0.25, 0.3) is 0 Å². The summed E-state index contributed by atoms with van der Waals surface area (Å²) in [6, 6.07) is 1.25. The molecule has 0 aliphatic rings. The van der Waals surface area contributed by atoms with Gasteiger partial charge in [-0.15, -0.1) is 0 Å². The lowest BCUT2D eigenvalue weighted by atomic mass is 10.4. The lowest BCUT2D eigenvalue weighted by Crippen LogP contribution is -2.30. The van der Waals surface area contributed by atoms with Gasteiger partial charge >= 0.3 is 0 Å². The smallest absolute Gasteiger partial charge is 0.188 e. The van der Waals surface area contributed by atoms with Crippen molar-refractivity contribution < 1.29 is 4.43 Å². The van der Waals surface area contributed by atoms with Gasteiger partial charge < -0.3 is 4.43 Å². The molecule has 3 heteroatoms. The van der Waals surface area contributed by atoms with E-state index in [-0.39, 0.29) is 0 Å². The number of unbranched alkanes of at least 4 members (excludes halogenated alkanes) is 1. The monoisotopic (exact) mass is 262 g/mol. The van der Waals surface area contributed by atoms with E-state index in [1.54, 1.807) is 0 Å². The number of alkyl halides is 1. The summed E-state index contributed by atoms with van der Waals surface area (Å²) in [6.45, 7) is 7.35. The molecule has 0 aliphatic carbocycles. The predicted molar refractivity (Wildman–Crippen MR) is 64.7 cm³/mol. The van der Waals surface area contributed by atoms with Crippen LogP contribution in [0.2, 0.25) is 19.1 Å². The van der Waals surface area contributed by atoms with Gasteiger partial charge in [0.2, 0.25) is 0 Å². The molecule has 0 saturated carbocycles. The molecule has 0 heterocycles. The van der Waals surface area contributed by atoms with Crippen LogP contribution in [0.15, 0.2) is 0 Å². The third kappa shape index (κ3) is 8.54. The average molecular weight is 263 g/mol. The van der Waals surface area contributed by atoms with Gasteiger partial charge in [-0.2, -0.15) is 0 Å². The van der Waals surface area contributed by atoms with Crippen molar-refractivity contribution >= 4 is 24.2 Å². The molecule has 0 atom stereocenters. The van der Waals surface area contributed by atoms with Crippen molar-refractivity contribution in [1.29, 1.82) is 0 Å². The van der Waals surface area contributed by atoms with Crippen LogP contribution in [0.3, 0.4) is 0 Å². The highest BCUT2D eigenvalue weighted by molar-refractivity contribution is 9.09. The molecule has 0 fully saturated rings. The summed E-state index contributed by atoms with van der Waals surface area (Å²) in [5, 5.41) is 0.743. The Morgan fingerprint density at radius 3 is 2.54 bits per heavy atom. The molecule has 0 spiro atoms. The summed E-state index contributed by atoms with van der Waals surface area (Å²) in [4.78, 5) is 0. The predicted octanol–water partition coefficient (Wildman–Crippen LogP) is 3.41. The van der Waals surface area contributed by atoms with Crippen LogP contribution in [0.1, 0.15) is 19.8 Å². The fraction of sp³-hybridized carbons (Fsp3) is 0.800. The van der Waals surface area contributed by atoms with E-state index >= 15 is 0 Å². The molecule has 0 amide bonds. The Labute approximate surface area is 91.5 Å². The molecule has 0 N–H and O–H groups in total. The minimum Gasteiger partial charge on any atom is -0.406 e. The van der Waals surface area contributed by atoms with Crippen LogP contribution in [0.4, 0.5) is 0 Å². The molecular formula is C10H19BrOSi. The summed E-state index contributed by atoms with van der Waals surface area (Å²) in [6.07, 6.45) is 2.54. The highest BCUT2D eigenvalue weighted by Gasteiger charge is 2.20. The van der Waals surface area contributed by atoms with Crippen molar-refractivity contribution in [2.45, 2.75) is 38.9 Å². The van der Waals surface area contributed by atoms with E-state index in [1.165, 1.54) is 18.9 Å². The summed E-state index contributed by atoms with van der Waals surface area (Å²) >= 11 is 3.25. The van der Waals surface area contributed by atoms with E-state index in [4.69, 9.17) is 4.43 Å². The van der Waals surface area contributed by atoms with Crippen LogP contribution < -0.4 is 0 Å². The first-order valence-electron chi connectivity index (χ1n) is 4.78. The molecule has 0 aromatic heterocycles. The van der Waals surface area contributed by atoms with E-state index in [1.807, 2.05) is 0 Å². The minimum atomic E-state index is -1.39. The SMILES string of the molecule is CCCC[Si](C)(C)OCC#CCBr. The second-order valence-corrected chi connectivity index (χ2v) is 8.51. The maximum atomic E-state index is 5.78. The van der Waals surface area contributed by atoms with Crippen molar-refractivity contribution in [3.8, 4) is 11.8 Å². The summed E-state index contributed by atoms with van der Waals surface area (Å²) < 4.78 is 5.78. The number of hydrogen-bond acceptors (Lipinski definition) is 1. The first-order chi connectivity index (χ1) is 6.12. The second-order valence-electron chi connectivity index (χ2n) is 3.64. The van der Waals surface area contributed by atoms with Crippen LogP contribution >= 0.6 is 15.9 Å². The Bertz CT molecular complexity index is 181. The maximum Gasteiger partial charge on any atom is 0.188 e. The number of rotatable bonds is 5. The Hall–Kier alpha value is 0.217. The van der Waals surface area contributed by atoms with Crippen molar-refractivity contribution in [1.82, 2.24) is 0 Å². The van der Waals surface area contributed by atoms with Gasteiger partial charge in [-0.25, -0.2) is 0 Å². The van der Waals surface area contributed by atoms with Crippen LogP contribution in [-0.4, -0.2) is 20.3 Å². The lowest BCUT2D eigenvalue weighted by molar-refractivity contribution is 0.357. The van der Waals surface area contributed by atoms with Crippen molar-refractivity contribution in [2.75, 3.05) is 11.9 Å². The Morgan fingerprint density at radius 2 is 2.00 bits per heavy atom. The lowest BCUT2D eigenvalue weighted by Gasteiger charge is -2.20. The van der Waals surface area contributed by atoms with Crippen molar-refractivity contribution in [3.05, 3.63) is 0 Å². The largest absolute Gasteiger partial charge is 0.406 e. The molecule has 0 aromatic carbocycles. The standard InChI is InChI=1S/C10H19BrOSi/c1-4-5-10-13(2,3)12-9-7-6-8-11/h4-5,8-10H2,1-3H3. The molecule has 0 radical (unpaired) electrons. The van der Waals surface area contributed by atoms with Gasteiger partial charge in [0.05, 0.1) is 11.9 Å². The minimum absolute atomic E-state index is 0.606. The summed E-state index contributed by atoms with van der Waals surface area (Å²) in [5.41, 5.74) is 0. The van der Waals surface area contributed by atoms with Gasteiger partial charge in [-0.05, 0) is 19.1 Å². The van der Waals surface area contributed by atoms with Crippen molar-refractivity contribution in [2.24, 2.45) is 0 Å². The van der Waals surface area contributed by atoms with Crippen LogP contribution in [-0.2, 0) is 4.43 Å². The third-order valence-electron chi connectivity index (χ3n) is 1.86. The molecule has 0 bridgehead atoms. The van der Waals surface area contributed by atoms with Crippen molar-refractivity contribution in [3.63, 3.8) is 0 Å². The van der Waals surface area contributed by atoms with Crippen LogP contribution in [0.25, 0.3) is 0 Å². The molecule has 0 aromatic rings. The van der Waals surface area contributed by atoms with Gasteiger partial charge in [-0.3, -0.25) is 0 Å². The highest BCUT2D eigenvalue weighted by Crippen LogP contribution is 2.14. The maximum absolute atomic E-state index is 5.78. The zero-order valence-electron chi connectivity index (χ0n) is 8.82. The fourth-order valence-electron chi connectivity index (χ4n) is 1.00. The zero-order chi connectivity index (χ0) is 10.2. The van der Waals surface area contributed by atoms with E-state index in [0.29, 0.717) is 6.61 Å². The molecule has 1 nitrogen and oxygen atoms in total. The molecule has 76 valence electrons. The Kier molecular flexibility index (Phi) is 7.73. The van der Waals surface area contributed by atoms with E-state index in [9.17, 15) is 0 Å². The van der Waals surface area contributed by atoms with Gasteiger partial charge in [0, 0.05) is 0 Å². The highest BCUT2D eigenvalue weighted by atomic mass is 79.9. The van der Waals surface area contributed by atoms with Crippen LogP contribution in [0, 0.1) is 11.8 Å². The quantitative estimate of drug-likeness (QED) is 0.419. The number of hydrogen-bond donors (Lipinski definition) is 0. The topological polar surface area (TPSA) is 9.23 Å². The molecular weight excluding hydrogens is 244 g/mol. The molecule has 13 heavy (non-hydrogen) atoms. The van der Waals surface area contributed by atoms with E-state index in [0.717, 1.165) is 5.33 Å². The first kappa shape index (κ1) is 13.2. The van der Waals surface area contributed by atoms with Gasteiger partial charge in [0.1, 0.15) is 0 Å². The van der Waals surface area contributed by atoms with E-state index < -0.39 is 8.32 Å². The molecule has 0 rings (SSSR count). The zero-order valence-corrected chi connectivity index (χ0v) is 11.4. The van der Waals surface area contributed by atoms with Crippen LogP contribution in [0.5, 0.6) is 0 Å². The fourth-order valence-corrected chi connectivity index (χ4v) is 3.01. The summed E-state index contributed by atoms with van der Waals surface area (Å²) in [7, 11) is -1.39. The van der Waals surface area contributed by atoms with E-state index in [2.05, 4.69) is 47.8 Å². The average Bonchev–Trinajstić information content (AvgIpc) is 2.09. The van der Waals surface area contributed by atoms with Gasteiger partial charge in [0.15, 0.2) is 8.32 Å². The Balaban J connectivity index is 3.61. The Morgan fingerprint density at radius 1 is 1.31 bits per heavy atom. The van der Waals surface area contributed by atoms with Gasteiger partial charge in [-0.1, -0.05) is 47.5 Å². The number of halogens is 1. The molecule has 0 unspecified atom stereocenters. The summed E-state index contributed by atoms with van der Waals surface area (Å²) in [5.74, 6) is 5.92. The normalized spacial score (nSPS) is 10.8. The molecule has 0 saturated heterocycles.